The highest BCUT2D eigenvalue weighted by Crippen LogP contribution is 2.17. The van der Waals surface area contributed by atoms with Gasteiger partial charge in [-0.25, -0.2) is 0 Å². The van der Waals surface area contributed by atoms with Crippen molar-refractivity contribution in [2.75, 3.05) is 20.7 Å². The highest BCUT2D eigenvalue weighted by atomic mass is 32.1. The normalized spacial score (nSPS) is 8.38. The summed E-state index contributed by atoms with van der Waals surface area (Å²) in [6.45, 7) is 0.369. The zero-order chi connectivity index (χ0) is 11.8. The topological polar surface area (TPSA) is 24.8 Å². The molecule has 0 radical (unpaired) electrons. The zero-order valence-electron chi connectivity index (χ0n) is 9.23. The molecule has 0 spiro atoms. The second-order valence-corrected chi connectivity index (χ2v) is 3.35. The summed E-state index contributed by atoms with van der Waals surface area (Å²) in [5.41, 5.74) is 0.765. The van der Waals surface area contributed by atoms with Crippen LogP contribution in [0, 0.1) is 12.0 Å². The van der Waals surface area contributed by atoms with Crippen LogP contribution in [0.15, 0.2) is 29.3 Å². The zero-order valence-corrected chi connectivity index (χ0v) is 10.0. The summed E-state index contributed by atoms with van der Waals surface area (Å²) in [6, 6.07) is 10.1. The standard InChI is InChI=1S/C12H12N2OS/c1-14(2)8-3-9-15-12-6-4-11(5-7-12)13-10-16/h4-7H,9H2,1-2H3. The monoisotopic (exact) mass is 232 g/mol. The smallest absolute Gasteiger partial charge is 0.150 e. The Kier molecular flexibility index (Phi) is 5.07. The van der Waals surface area contributed by atoms with Gasteiger partial charge in [0.1, 0.15) is 5.75 Å². The number of aliphatic imine (C=N–C) groups is 1. The minimum Gasteiger partial charge on any atom is -0.481 e. The average molecular weight is 232 g/mol. The summed E-state index contributed by atoms with van der Waals surface area (Å²) in [5.74, 6) is 3.63. The Morgan fingerprint density at radius 1 is 1.31 bits per heavy atom. The van der Waals surface area contributed by atoms with Crippen molar-refractivity contribution in [3.63, 3.8) is 0 Å². The Hall–Kier alpha value is -1.82. The molecule has 1 aromatic carbocycles. The van der Waals surface area contributed by atoms with Crippen LogP contribution in [0.1, 0.15) is 0 Å². The van der Waals surface area contributed by atoms with Crippen molar-refractivity contribution in [2.24, 2.45) is 4.99 Å². The molecule has 0 atom stereocenters. The van der Waals surface area contributed by atoms with E-state index in [1.165, 1.54) is 0 Å². The number of rotatable bonds is 3. The molecule has 4 heteroatoms. The average Bonchev–Trinajstić information content (AvgIpc) is 2.27. The molecule has 0 unspecified atom stereocenters. The Bertz CT molecular complexity index is 436. The molecular weight excluding hydrogens is 220 g/mol. The maximum atomic E-state index is 5.40. The predicted molar refractivity (Wildman–Crippen MR) is 68.1 cm³/mol. The quantitative estimate of drug-likeness (QED) is 0.346. The number of benzene rings is 1. The lowest BCUT2D eigenvalue weighted by atomic mass is 10.3. The molecule has 0 bridgehead atoms. The van der Waals surface area contributed by atoms with E-state index in [9.17, 15) is 0 Å². The Balaban J connectivity index is 2.50. The molecule has 3 nitrogen and oxygen atoms in total. The van der Waals surface area contributed by atoms with Crippen LogP contribution in [0.25, 0.3) is 0 Å². The van der Waals surface area contributed by atoms with Crippen LogP contribution in [0.4, 0.5) is 5.69 Å². The molecule has 1 rings (SSSR count). The lowest BCUT2D eigenvalue weighted by Crippen LogP contribution is -2.02. The number of ether oxygens (including phenoxy) is 1. The van der Waals surface area contributed by atoms with Crippen molar-refractivity contribution in [3.8, 4) is 17.7 Å². The summed E-state index contributed by atoms with van der Waals surface area (Å²) >= 11 is 4.51. The van der Waals surface area contributed by atoms with Gasteiger partial charge in [0.05, 0.1) is 10.8 Å². The van der Waals surface area contributed by atoms with Crippen molar-refractivity contribution in [1.29, 1.82) is 0 Å². The molecule has 0 aromatic heterocycles. The first-order chi connectivity index (χ1) is 7.72. The van der Waals surface area contributed by atoms with Gasteiger partial charge < -0.3 is 9.64 Å². The highest BCUT2D eigenvalue weighted by Gasteiger charge is 1.92. The molecule has 16 heavy (non-hydrogen) atoms. The summed E-state index contributed by atoms with van der Waals surface area (Å²) in [4.78, 5) is 5.62. The van der Waals surface area contributed by atoms with Crippen molar-refractivity contribution < 1.29 is 4.74 Å². The third-order valence-electron chi connectivity index (χ3n) is 1.63. The SMILES string of the molecule is CN(C)C#CCOc1ccc(N=C=S)cc1. The second-order valence-electron chi connectivity index (χ2n) is 3.17. The van der Waals surface area contributed by atoms with Gasteiger partial charge in [0.2, 0.25) is 0 Å². The van der Waals surface area contributed by atoms with Gasteiger partial charge in [-0.3, -0.25) is 0 Å². The van der Waals surface area contributed by atoms with Crippen LogP contribution < -0.4 is 4.74 Å². The molecule has 0 N–H and O–H groups in total. The molecule has 0 fully saturated rings. The van der Waals surface area contributed by atoms with Gasteiger partial charge in [-0.2, -0.15) is 4.99 Å². The maximum Gasteiger partial charge on any atom is 0.150 e. The summed E-state index contributed by atoms with van der Waals surface area (Å²) in [5, 5.41) is 2.31. The molecule has 0 heterocycles. The minimum atomic E-state index is 0.369. The van der Waals surface area contributed by atoms with Crippen LogP contribution in [-0.2, 0) is 0 Å². The molecule has 0 aliphatic rings. The second kappa shape index (κ2) is 6.62. The van der Waals surface area contributed by atoms with E-state index in [1.54, 1.807) is 4.90 Å². The van der Waals surface area contributed by atoms with Crippen LogP contribution in [-0.4, -0.2) is 30.8 Å². The lowest BCUT2D eigenvalue weighted by Gasteiger charge is -2.02. The van der Waals surface area contributed by atoms with E-state index in [0.29, 0.717) is 6.61 Å². The fourth-order valence-electron chi connectivity index (χ4n) is 0.979. The van der Waals surface area contributed by atoms with Crippen molar-refractivity contribution >= 4 is 23.1 Å². The van der Waals surface area contributed by atoms with E-state index < -0.39 is 0 Å². The van der Waals surface area contributed by atoms with Crippen LogP contribution in [0.3, 0.4) is 0 Å². The van der Waals surface area contributed by atoms with E-state index in [1.807, 2.05) is 38.4 Å². The van der Waals surface area contributed by atoms with E-state index in [0.717, 1.165) is 11.4 Å². The first-order valence-corrected chi connectivity index (χ1v) is 5.10. The maximum absolute atomic E-state index is 5.40. The van der Waals surface area contributed by atoms with Crippen molar-refractivity contribution in [3.05, 3.63) is 24.3 Å². The van der Waals surface area contributed by atoms with Gasteiger partial charge >= 0.3 is 0 Å². The minimum absolute atomic E-state index is 0.369. The fraction of sp³-hybridized carbons (Fsp3) is 0.250. The van der Waals surface area contributed by atoms with E-state index in [4.69, 9.17) is 4.74 Å². The highest BCUT2D eigenvalue weighted by molar-refractivity contribution is 7.78. The lowest BCUT2D eigenvalue weighted by molar-refractivity contribution is 0.369. The third-order valence-corrected chi connectivity index (χ3v) is 1.72. The van der Waals surface area contributed by atoms with Crippen molar-refractivity contribution in [2.45, 2.75) is 0 Å². The molecule has 0 saturated heterocycles. The Labute approximate surface area is 101 Å². The number of isothiocyanates is 1. The van der Waals surface area contributed by atoms with Gasteiger partial charge in [-0.05, 0) is 42.4 Å². The summed E-state index contributed by atoms with van der Waals surface area (Å²) in [6.07, 6.45) is 0. The molecule has 0 saturated carbocycles. The predicted octanol–water partition coefficient (Wildman–Crippen LogP) is 2.32. The van der Waals surface area contributed by atoms with Crippen LogP contribution in [0.2, 0.25) is 0 Å². The number of thiocarbonyl (C=S) groups is 1. The number of hydrogen-bond donors (Lipinski definition) is 0. The summed E-state index contributed by atoms with van der Waals surface area (Å²) < 4.78 is 5.40. The molecule has 0 amide bonds. The number of nitrogens with zero attached hydrogens (tertiary/aromatic N) is 2. The van der Waals surface area contributed by atoms with Gasteiger partial charge in [0.25, 0.3) is 0 Å². The third kappa shape index (κ3) is 4.61. The van der Waals surface area contributed by atoms with E-state index in [2.05, 4.69) is 34.3 Å². The Morgan fingerprint density at radius 3 is 2.56 bits per heavy atom. The van der Waals surface area contributed by atoms with Gasteiger partial charge in [-0.15, -0.1) is 0 Å². The van der Waals surface area contributed by atoms with Crippen LogP contribution in [0.5, 0.6) is 5.75 Å². The van der Waals surface area contributed by atoms with Crippen molar-refractivity contribution in [1.82, 2.24) is 4.90 Å². The van der Waals surface area contributed by atoms with Gasteiger partial charge in [0, 0.05) is 20.1 Å². The fourth-order valence-corrected chi connectivity index (χ4v) is 1.08. The first kappa shape index (κ1) is 12.3. The van der Waals surface area contributed by atoms with E-state index in [-0.39, 0.29) is 0 Å². The van der Waals surface area contributed by atoms with E-state index >= 15 is 0 Å². The molecular formula is C12H12N2OS. The number of hydrogen-bond acceptors (Lipinski definition) is 4. The first-order valence-electron chi connectivity index (χ1n) is 4.69. The molecule has 1 aromatic rings. The molecule has 0 aliphatic carbocycles. The Morgan fingerprint density at radius 2 is 2.00 bits per heavy atom. The molecule has 0 aliphatic heterocycles. The van der Waals surface area contributed by atoms with Crippen LogP contribution >= 0.6 is 12.2 Å². The van der Waals surface area contributed by atoms with Gasteiger partial charge in [-0.1, -0.05) is 0 Å². The largest absolute Gasteiger partial charge is 0.481 e. The molecule has 82 valence electrons. The van der Waals surface area contributed by atoms with Gasteiger partial charge in [0.15, 0.2) is 6.61 Å². The summed E-state index contributed by atoms with van der Waals surface area (Å²) in [7, 11) is 3.76.